The van der Waals surface area contributed by atoms with Gasteiger partial charge in [-0.15, -0.1) is 0 Å². The van der Waals surface area contributed by atoms with Gasteiger partial charge in [-0.3, -0.25) is 4.79 Å². The fourth-order valence-corrected chi connectivity index (χ4v) is 3.93. The van der Waals surface area contributed by atoms with Crippen molar-refractivity contribution in [1.82, 2.24) is 19.4 Å². The predicted molar refractivity (Wildman–Crippen MR) is 96.3 cm³/mol. The van der Waals surface area contributed by atoms with E-state index in [0.29, 0.717) is 16.9 Å². The molecule has 0 radical (unpaired) electrons. The first-order valence-corrected chi connectivity index (χ1v) is 9.48. The summed E-state index contributed by atoms with van der Waals surface area (Å²) < 4.78 is 7.77. The largest absolute Gasteiger partial charge is 0.431 e. The van der Waals surface area contributed by atoms with E-state index in [1.807, 2.05) is 47.9 Å². The van der Waals surface area contributed by atoms with Crippen LogP contribution < -0.4 is 0 Å². The Labute approximate surface area is 150 Å². The van der Waals surface area contributed by atoms with Crippen molar-refractivity contribution in [2.75, 3.05) is 18.8 Å². The van der Waals surface area contributed by atoms with Crippen molar-refractivity contribution >= 4 is 28.8 Å². The zero-order valence-corrected chi connectivity index (χ0v) is 14.7. The average Bonchev–Trinajstić information content (AvgIpc) is 3.29. The Hall–Kier alpha value is -2.28. The van der Waals surface area contributed by atoms with Crippen molar-refractivity contribution in [1.29, 1.82) is 0 Å². The predicted octanol–water partition coefficient (Wildman–Crippen LogP) is 3.06. The Balaban J connectivity index is 1.26. The summed E-state index contributed by atoms with van der Waals surface area (Å²) in [4.78, 5) is 22.9. The molecule has 7 heteroatoms. The fourth-order valence-electron chi connectivity index (χ4n) is 3.19. The highest BCUT2D eigenvalue weighted by Crippen LogP contribution is 2.24. The summed E-state index contributed by atoms with van der Waals surface area (Å²) in [7, 11) is 0. The number of rotatable bonds is 5. The molecule has 1 amide bonds. The molecule has 0 spiro atoms. The second-order valence-electron chi connectivity index (χ2n) is 6.32. The van der Waals surface area contributed by atoms with Crippen LogP contribution in [0.15, 0.2) is 52.6 Å². The summed E-state index contributed by atoms with van der Waals surface area (Å²) in [6, 6.07) is 7.65. The molecule has 1 saturated heterocycles. The summed E-state index contributed by atoms with van der Waals surface area (Å²) in [5, 5.41) is 0.560. The Morgan fingerprint density at radius 3 is 2.88 bits per heavy atom. The molecule has 3 aromatic rings. The number of hydrogen-bond acceptors (Lipinski definition) is 5. The molecule has 1 aliphatic heterocycles. The molecule has 0 atom stereocenters. The van der Waals surface area contributed by atoms with Gasteiger partial charge in [-0.05, 0) is 30.9 Å². The van der Waals surface area contributed by atoms with Gasteiger partial charge in [0.1, 0.15) is 5.52 Å². The van der Waals surface area contributed by atoms with Crippen LogP contribution in [0.25, 0.3) is 11.1 Å². The number of carbonyl (C=O) groups excluding carboxylic acids is 1. The van der Waals surface area contributed by atoms with Gasteiger partial charge in [0, 0.05) is 32.0 Å². The molecule has 2 aromatic heterocycles. The van der Waals surface area contributed by atoms with Crippen LogP contribution in [0, 0.1) is 5.92 Å². The second-order valence-corrected chi connectivity index (χ2v) is 7.25. The topological polar surface area (TPSA) is 64.2 Å². The molecule has 0 bridgehead atoms. The molecule has 6 nitrogen and oxygen atoms in total. The van der Waals surface area contributed by atoms with E-state index in [2.05, 4.69) is 14.5 Å². The number of oxazole rings is 1. The highest BCUT2D eigenvalue weighted by atomic mass is 32.2. The molecule has 130 valence electrons. The van der Waals surface area contributed by atoms with Crippen molar-refractivity contribution in [2.45, 2.75) is 24.6 Å². The zero-order chi connectivity index (χ0) is 17.1. The van der Waals surface area contributed by atoms with Crippen molar-refractivity contribution < 1.29 is 9.21 Å². The lowest BCUT2D eigenvalue weighted by Gasteiger charge is -2.32. The standard InChI is InChI=1S/C18H20N4O2S/c23-17(12-25-18-20-15-3-1-2-4-16(15)24-18)22-8-5-14(6-9-22)11-21-10-7-19-13-21/h1-4,7,10,13-14H,5-6,8-9,11-12H2. The smallest absolute Gasteiger partial charge is 0.257 e. The maximum atomic E-state index is 12.4. The minimum absolute atomic E-state index is 0.160. The van der Waals surface area contributed by atoms with E-state index in [0.717, 1.165) is 43.6 Å². The monoisotopic (exact) mass is 356 g/mol. The van der Waals surface area contributed by atoms with Crippen molar-refractivity contribution in [3.05, 3.63) is 43.0 Å². The molecule has 0 unspecified atom stereocenters. The van der Waals surface area contributed by atoms with Crippen LogP contribution in [0.2, 0.25) is 0 Å². The van der Waals surface area contributed by atoms with Gasteiger partial charge in [0.05, 0.1) is 12.1 Å². The van der Waals surface area contributed by atoms with Crippen molar-refractivity contribution in [3.63, 3.8) is 0 Å². The van der Waals surface area contributed by atoms with Gasteiger partial charge >= 0.3 is 0 Å². The quantitative estimate of drug-likeness (QED) is 0.658. The minimum atomic E-state index is 0.160. The summed E-state index contributed by atoms with van der Waals surface area (Å²) in [5.41, 5.74) is 1.59. The van der Waals surface area contributed by atoms with Crippen molar-refractivity contribution in [2.24, 2.45) is 5.92 Å². The third-order valence-electron chi connectivity index (χ3n) is 4.59. The molecule has 3 heterocycles. The summed E-state index contributed by atoms with van der Waals surface area (Å²) in [6.07, 6.45) is 7.74. The van der Waals surface area contributed by atoms with E-state index in [4.69, 9.17) is 4.42 Å². The van der Waals surface area contributed by atoms with Gasteiger partial charge in [-0.25, -0.2) is 9.97 Å². The number of carbonyl (C=O) groups is 1. The van der Waals surface area contributed by atoms with Crippen LogP contribution >= 0.6 is 11.8 Å². The normalized spacial score (nSPS) is 15.8. The molecular weight excluding hydrogens is 336 g/mol. The number of hydrogen-bond donors (Lipinski definition) is 0. The molecule has 1 fully saturated rings. The molecule has 1 aromatic carbocycles. The first kappa shape index (κ1) is 16.2. The molecule has 1 aliphatic rings. The lowest BCUT2D eigenvalue weighted by molar-refractivity contribution is -0.129. The number of nitrogens with zero attached hydrogens (tertiary/aromatic N) is 4. The molecule has 4 rings (SSSR count). The number of benzene rings is 1. The Bertz CT molecular complexity index is 805. The summed E-state index contributed by atoms with van der Waals surface area (Å²) >= 11 is 1.37. The first-order chi connectivity index (χ1) is 12.3. The van der Waals surface area contributed by atoms with Gasteiger partial charge in [0.25, 0.3) is 5.22 Å². The van der Waals surface area contributed by atoms with Gasteiger partial charge in [0.15, 0.2) is 5.58 Å². The van der Waals surface area contributed by atoms with Gasteiger partial charge in [0.2, 0.25) is 5.91 Å². The number of thioether (sulfide) groups is 1. The summed E-state index contributed by atoms with van der Waals surface area (Å²) in [6.45, 7) is 2.64. The second kappa shape index (κ2) is 7.31. The number of aromatic nitrogens is 3. The third-order valence-corrected chi connectivity index (χ3v) is 5.40. The van der Waals surface area contributed by atoms with E-state index in [-0.39, 0.29) is 5.91 Å². The number of piperidine rings is 1. The molecule has 0 N–H and O–H groups in total. The number of imidazole rings is 1. The van der Waals surface area contributed by atoms with E-state index < -0.39 is 0 Å². The molecule has 25 heavy (non-hydrogen) atoms. The van der Waals surface area contributed by atoms with Crippen LogP contribution in [0.5, 0.6) is 0 Å². The van der Waals surface area contributed by atoms with E-state index in [9.17, 15) is 4.79 Å². The fraction of sp³-hybridized carbons (Fsp3) is 0.389. The maximum absolute atomic E-state index is 12.4. The van der Waals surface area contributed by atoms with E-state index in [1.165, 1.54) is 11.8 Å². The highest BCUT2D eigenvalue weighted by molar-refractivity contribution is 7.99. The Morgan fingerprint density at radius 1 is 1.28 bits per heavy atom. The Morgan fingerprint density at radius 2 is 2.12 bits per heavy atom. The maximum Gasteiger partial charge on any atom is 0.257 e. The lowest BCUT2D eigenvalue weighted by atomic mass is 9.97. The SMILES string of the molecule is O=C(CSc1nc2ccccc2o1)N1CCC(Cn2ccnc2)CC1. The van der Waals surface area contributed by atoms with Crippen LogP contribution in [-0.4, -0.2) is 44.2 Å². The van der Waals surface area contributed by atoms with Gasteiger partial charge in [-0.2, -0.15) is 0 Å². The van der Waals surface area contributed by atoms with Crippen LogP contribution in [0.3, 0.4) is 0 Å². The molecule has 0 saturated carbocycles. The Kier molecular flexibility index (Phi) is 4.74. The van der Waals surface area contributed by atoms with Gasteiger partial charge in [-0.1, -0.05) is 23.9 Å². The highest BCUT2D eigenvalue weighted by Gasteiger charge is 2.23. The average molecular weight is 356 g/mol. The lowest BCUT2D eigenvalue weighted by Crippen LogP contribution is -2.40. The minimum Gasteiger partial charge on any atom is -0.431 e. The molecule has 0 aliphatic carbocycles. The van der Waals surface area contributed by atoms with E-state index >= 15 is 0 Å². The summed E-state index contributed by atoms with van der Waals surface area (Å²) in [5.74, 6) is 1.15. The van der Waals surface area contributed by atoms with Crippen molar-refractivity contribution in [3.8, 4) is 0 Å². The molecular formula is C18H20N4O2S. The van der Waals surface area contributed by atoms with E-state index in [1.54, 1.807) is 0 Å². The third kappa shape index (κ3) is 3.87. The first-order valence-electron chi connectivity index (χ1n) is 8.50. The zero-order valence-electron chi connectivity index (χ0n) is 13.9. The number of amides is 1. The van der Waals surface area contributed by atoms with Gasteiger partial charge < -0.3 is 13.9 Å². The number of likely N-dealkylation sites (tertiary alicyclic amines) is 1. The number of para-hydroxylation sites is 2. The van der Waals surface area contributed by atoms with Crippen LogP contribution in [-0.2, 0) is 11.3 Å². The van der Waals surface area contributed by atoms with Crippen LogP contribution in [0.1, 0.15) is 12.8 Å². The number of fused-ring (bicyclic) bond motifs is 1. The van der Waals surface area contributed by atoms with Crippen LogP contribution in [0.4, 0.5) is 0 Å².